The first kappa shape index (κ1) is 14.0. The molecule has 1 aliphatic rings. The van der Waals surface area contributed by atoms with Gasteiger partial charge in [0, 0.05) is 25.9 Å². The van der Waals surface area contributed by atoms with Crippen LogP contribution in [0.4, 0.5) is 20.6 Å². The largest absolute Gasteiger partial charge is 0.506 e. The maximum absolute atomic E-state index is 13.1. The van der Waals surface area contributed by atoms with E-state index >= 15 is 0 Å². The number of nitro benzene ring substituents is 1. The summed E-state index contributed by atoms with van der Waals surface area (Å²) in [5, 5.41) is 19.5. The highest BCUT2D eigenvalue weighted by atomic mass is 19.1. The first-order chi connectivity index (χ1) is 9.47. The van der Waals surface area contributed by atoms with Gasteiger partial charge in [-0.2, -0.15) is 0 Å². The molecule has 2 rings (SSSR count). The van der Waals surface area contributed by atoms with Crippen molar-refractivity contribution in [2.24, 2.45) is 0 Å². The SMILES string of the molecule is O=C(O)OC1CCN(c2ccc(F)cc2[N+](=O)[O-])CC1. The molecule has 1 aromatic carbocycles. The molecule has 1 heterocycles. The summed E-state index contributed by atoms with van der Waals surface area (Å²) in [6.07, 6.45) is -0.832. The number of carboxylic acid groups (broad SMARTS) is 1. The second-order valence-electron chi connectivity index (χ2n) is 4.46. The van der Waals surface area contributed by atoms with Crippen LogP contribution < -0.4 is 4.90 Å². The zero-order valence-electron chi connectivity index (χ0n) is 10.5. The van der Waals surface area contributed by atoms with Gasteiger partial charge in [-0.3, -0.25) is 10.1 Å². The van der Waals surface area contributed by atoms with E-state index in [0.717, 1.165) is 6.07 Å². The second-order valence-corrected chi connectivity index (χ2v) is 4.46. The zero-order chi connectivity index (χ0) is 14.7. The summed E-state index contributed by atoms with van der Waals surface area (Å²) in [6, 6.07) is 3.42. The van der Waals surface area contributed by atoms with Gasteiger partial charge in [0.25, 0.3) is 5.69 Å². The summed E-state index contributed by atoms with van der Waals surface area (Å²) in [4.78, 5) is 22.5. The fraction of sp³-hybridized carbons (Fsp3) is 0.417. The van der Waals surface area contributed by atoms with E-state index < -0.39 is 23.0 Å². The number of ether oxygens (including phenoxy) is 1. The maximum atomic E-state index is 13.1. The predicted octanol–water partition coefficient (Wildman–Crippen LogP) is 2.40. The molecule has 0 atom stereocenters. The minimum atomic E-state index is -1.32. The molecule has 0 bridgehead atoms. The number of nitrogens with zero attached hydrogens (tertiary/aromatic N) is 2. The van der Waals surface area contributed by atoms with Crippen LogP contribution in [0.2, 0.25) is 0 Å². The fourth-order valence-electron chi connectivity index (χ4n) is 2.27. The van der Waals surface area contributed by atoms with Crippen LogP contribution in [-0.4, -0.2) is 35.4 Å². The number of hydrogen-bond donors (Lipinski definition) is 1. The van der Waals surface area contributed by atoms with Crippen molar-refractivity contribution in [3.63, 3.8) is 0 Å². The number of carbonyl (C=O) groups is 1. The molecule has 0 spiro atoms. The Bertz CT molecular complexity index is 529. The zero-order valence-corrected chi connectivity index (χ0v) is 10.5. The summed E-state index contributed by atoms with van der Waals surface area (Å²) < 4.78 is 17.7. The highest BCUT2D eigenvalue weighted by Crippen LogP contribution is 2.31. The van der Waals surface area contributed by atoms with Crippen molar-refractivity contribution >= 4 is 17.5 Å². The molecule has 0 aliphatic carbocycles. The van der Waals surface area contributed by atoms with Gasteiger partial charge in [0.2, 0.25) is 0 Å². The van der Waals surface area contributed by atoms with E-state index in [1.54, 1.807) is 4.90 Å². The third-order valence-electron chi connectivity index (χ3n) is 3.18. The van der Waals surface area contributed by atoms with Crippen LogP contribution in [0.1, 0.15) is 12.8 Å². The Morgan fingerprint density at radius 3 is 2.65 bits per heavy atom. The molecule has 1 saturated heterocycles. The molecule has 0 amide bonds. The molecular formula is C12H13FN2O5. The maximum Gasteiger partial charge on any atom is 0.506 e. The Morgan fingerprint density at radius 2 is 2.10 bits per heavy atom. The molecule has 1 aliphatic heterocycles. The number of benzene rings is 1. The Labute approximate surface area is 113 Å². The van der Waals surface area contributed by atoms with E-state index in [2.05, 4.69) is 4.74 Å². The van der Waals surface area contributed by atoms with Crippen LogP contribution in [0.25, 0.3) is 0 Å². The molecule has 0 saturated carbocycles. The molecule has 1 fully saturated rings. The summed E-state index contributed by atoms with van der Waals surface area (Å²) in [6.45, 7) is 0.842. The van der Waals surface area contributed by atoms with E-state index in [-0.39, 0.29) is 5.69 Å². The minimum absolute atomic E-state index is 0.289. The lowest BCUT2D eigenvalue weighted by Crippen LogP contribution is -2.38. The highest BCUT2D eigenvalue weighted by Gasteiger charge is 2.26. The average Bonchev–Trinajstić information content (AvgIpc) is 2.39. The van der Waals surface area contributed by atoms with Gasteiger partial charge in [-0.15, -0.1) is 0 Å². The molecule has 0 radical (unpaired) electrons. The molecule has 1 N–H and O–H groups in total. The number of piperidine rings is 1. The second kappa shape index (κ2) is 5.72. The van der Waals surface area contributed by atoms with Gasteiger partial charge < -0.3 is 14.7 Å². The van der Waals surface area contributed by atoms with Crippen molar-refractivity contribution in [1.29, 1.82) is 0 Å². The van der Waals surface area contributed by atoms with Gasteiger partial charge in [0.1, 0.15) is 17.6 Å². The van der Waals surface area contributed by atoms with Crippen molar-refractivity contribution in [3.8, 4) is 0 Å². The van der Waals surface area contributed by atoms with Crippen LogP contribution in [-0.2, 0) is 4.74 Å². The van der Waals surface area contributed by atoms with E-state index in [1.165, 1.54) is 12.1 Å². The third-order valence-corrected chi connectivity index (χ3v) is 3.18. The summed E-state index contributed by atoms with van der Waals surface area (Å²) in [7, 11) is 0. The van der Waals surface area contributed by atoms with E-state index in [4.69, 9.17) is 5.11 Å². The Hall–Kier alpha value is -2.38. The molecule has 0 aromatic heterocycles. The van der Waals surface area contributed by atoms with Gasteiger partial charge in [-0.05, 0) is 12.1 Å². The van der Waals surface area contributed by atoms with Crippen molar-refractivity contribution in [2.45, 2.75) is 18.9 Å². The van der Waals surface area contributed by atoms with Crippen LogP contribution in [0.3, 0.4) is 0 Å². The first-order valence-corrected chi connectivity index (χ1v) is 6.06. The molecule has 1 aromatic rings. The van der Waals surface area contributed by atoms with Gasteiger partial charge in [-0.25, -0.2) is 9.18 Å². The van der Waals surface area contributed by atoms with E-state index in [9.17, 15) is 19.3 Å². The monoisotopic (exact) mass is 284 g/mol. The number of halogens is 1. The standard InChI is InChI=1S/C12H13FN2O5/c13-8-1-2-10(11(7-8)15(18)19)14-5-3-9(4-6-14)20-12(16)17/h1-2,7,9H,3-6H2,(H,16,17). The lowest BCUT2D eigenvalue weighted by molar-refractivity contribution is -0.384. The van der Waals surface area contributed by atoms with Crippen molar-refractivity contribution in [1.82, 2.24) is 0 Å². The molecule has 8 heteroatoms. The predicted molar refractivity (Wildman–Crippen MR) is 67.4 cm³/mol. The van der Waals surface area contributed by atoms with Crippen molar-refractivity contribution in [3.05, 3.63) is 34.1 Å². The Morgan fingerprint density at radius 1 is 1.45 bits per heavy atom. The smallest absolute Gasteiger partial charge is 0.450 e. The third kappa shape index (κ3) is 3.14. The Kier molecular flexibility index (Phi) is 4.02. The average molecular weight is 284 g/mol. The van der Waals surface area contributed by atoms with Gasteiger partial charge in [-0.1, -0.05) is 0 Å². The van der Waals surface area contributed by atoms with Crippen LogP contribution in [0, 0.1) is 15.9 Å². The summed E-state index contributed by atoms with van der Waals surface area (Å²) >= 11 is 0. The number of anilines is 1. The number of hydrogen-bond acceptors (Lipinski definition) is 5. The number of rotatable bonds is 3. The fourth-order valence-corrected chi connectivity index (χ4v) is 2.27. The molecule has 7 nitrogen and oxygen atoms in total. The lowest BCUT2D eigenvalue weighted by Gasteiger charge is -2.32. The normalized spacial score (nSPS) is 15.9. The van der Waals surface area contributed by atoms with Gasteiger partial charge in [0.05, 0.1) is 11.0 Å². The summed E-state index contributed by atoms with van der Waals surface area (Å²) in [5.74, 6) is -0.662. The van der Waals surface area contributed by atoms with Crippen LogP contribution in [0.15, 0.2) is 18.2 Å². The van der Waals surface area contributed by atoms with Gasteiger partial charge >= 0.3 is 6.16 Å². The number of nitro groups is 1. The first-order valence-electron chi connectivity index (χ1n) is 6.06. The quantitative estimate of drug-likeness (QED) is 0.520. The summed E-state index contributed by atoms with van der Waals surface area (Å²) in [5.41, 5.74) is 0.0489. The molecule has 108 valence electrons. The van der Waals surface area contributed by atoms with Crippen molar-refractivity contribution < 1.29 is 24.0 Å². The van der Waals surface area contributed by atoms with E-state index in [1.807, 2.05) is 0 Å². The highest BCUT2D eigenvalue weighted by molar-refractivity contribution is 5.63. The van der Waals surface area contributed by atoms with Gasteiger partial charge in [0.15, 0.2) is 0 Å². The molecular weight excluding hydrogens is 271 g/mol. The molecule has 20 heavy (non-hydrogen) atoms. The van der Waals surface area contributed by atoms with Crippen molar-refractivity contribution in [2.75, 3.05) is 18.0 Å². The lowest BCUT2D eigenvalue weighted by atomic mass is 10.1. The van der Waals surface area contributed by atoms with Crippen LogP contribution >= 0.6 is 0 Å². The topological polar surface area (TPSA) is 92.9 Å². The van der Waals surface area contributed by atoms with E-state index in [0.29, 0.717) is 31.6 Å². The Balaban J connectivity index is 2.11. The molecule has 0 unspecified atom stereocenters. The van der Waals surface area contributed by atoms with Crippen LogP contribution in [0.5, 0.6) is 0 Å². The minimum Gasteiger partial charge on any atom is -0.450 e.